The summed E-state index contributed by atoms with van der Waals surface area (Å²) < 4.78 is 26.3. The van der Waals surface area contributed by atoms with E-state index in [2.05, 4.69) is 11.0 Å². The summed E-state index contributed by atoms with van der Waals surface area (Å²) in [5.74, 6) is -2.61. The van der Waals surface area contributed by atoms with E-state index in [0.717, 1.165) is 16.2 Å². The van der Waals surface area contributed by atoms with E-state index < -0.39 is 33.7 Å². The number of hydrogen-bond acceptors (Lipinski definition) is 5. The highest BCUT2D eigenvalue weighted by molar-refractivity contribution is 7.89. The molecule has 1 atom stereocenters. The number of hydrogen-bond donors (Lipinski definition) is 1. The van der Waals surface area contributed by atoms with E-state index >= 15 is 0 Å². The van der Waals surface area contributed by atoms with Crippen molar-refractivity contribution in [2.24, 2.45) is 0 Å². The molecule has 1 aliphatic heterocycles. The molecular formula is C17H25N3O5S. The van der Waals surface area contributed by atoms with Crippen molar-refractivity contribution in [3.05, 3.63) is 29.8 Å². The Hall–Kier alpha value is -2.13. The van der Waals surface area contributed by atoms with E-state index in [1.54, 1.807) is 0 Å². The van der Waals surface area contributed by atoms with Gasteiger partial charge >= 0.3 is 5.97 Å². The maximum atomic E-state index is 12.5. The van der Waals surface area contributed by atoms with Crippen LogP contribution in [0.1, 0.15) is 12.5 Å². The fourth-order valence-corrected chi connectivity index (χ4v) is 4.20. The minimum absolute atomic E-state index is 0.293. The van der Waals surface area contributed by atoms with E-state index in [9.17, 15) is 18.0 Å². The molecule has 0 bridgehead atoms. The molecule has 1 N–H and O–H groups in total. The summed E-state index contributed by atoms with van der Waals surface area (Å²) in [5.41, 5.74) is 2.19. The summed E-state index contributed by atoms with van der Waals surface area (Å²) in [6, 6.07) is 6.94. The smallest absolute Gasteiger partial charge is 0.326 e. The number of sulfonamides is 1. The predicted molar refractivity (Wildman–Crippen MR) is 98.6 cm³/mol. The van der Waals surface area contributed by atoms with Crippen LogP contribution in [0.15, 0.2) is 24.3 Å². The average Bonchev–Trinajstić information content (AvgIpc) is 2.60. The van der Waals surface area contributed by atoms with Crippen molar-refractivity contribution in [3.8, 4) is 0 Å². The number of aryl methyl sites for hydroxylation is 1. The Morgan fingerprint density at radius 3 is 2.38 bits per heavy atom. The van der Waals surface area contributed by atoms with Gasteiger partial charge in [-0.05, 0) is 31.5 Å². The molecule has 26 heavy (non-hydrogen) atoms. The fraction of sp³-hybridized carbons (Fsp3) is 0.529. The van der Waals surface area contributed by atoms with Crippen LogP contribution < -0.4 is 4.90 Å². The Morgan fingerprint density at radius 2 is 1.85 bits per heavy atom. The maximum absolute atomic E-state index is 12.5. The van der Waals surface area contributed by atoms with Gasteiger partial charge in [-0.15, -0.1) is 0 Å². The summed E-state index contributed by atoms with van der Waals surface area (Å²) in [7, 11) is -2.48. The van der Waals surface area contributed by atoms with E-state index in [0.29, 0.717) is 26.2 Å². The first kappa shape index (κ1) is 20.2. The topological polar surface area (TPSA) is 98.2 Å². The Bertz CT molecular complexity index is 772. The second-order valence-corrected chi connectivity index (χ2v) is 8.47. The molecule has 9 heteroatoms. The molecule has 1 heterocycles. The molecule has 1 amide bonds. The van der Waals surface area contributed by atoms with Crippen molar-refractivity contribution < 1.29 is 23.1 Å². The van der Waals surface area contributed by atoms with Crippen LogP contribution in [0.4, 0.5) is 5.69 Å². The third-order valence-electron chi connectivity index (χ3n) is 4.64. The summed E-state index contributed by atoms with van der Waals surface area (Å²) in [4.78, 5) is 26.1. The number of carboxylic acids is 1. The van der Waals surface area contributed by atoms with Gasteiger partial charge in [-0.25, -0.2) is 13.2 Å². The number of aliphatic carboxylic acids is 1. The molecule has 1 aromatic carbocycles. The molecule has 0 saturated carbocycles. The molecule has 0 aliphatic carbocycles. The van der Waals surface area contributed by atoms with Gasteiger partial charge in [0.1, 0.15) is 11.8 Å². The van der Waals surface area contributed by atoms with Gasteiger partial charge in [0.2, 0.25) is 15.9 Å². The zero-order valence-electron chi connectivity index (χ0n) is 15.3. The van der Waals surface area contributed by atoms with Crippen molar-refractivity contribution in [3.63, 3.8) is 0 Å². The molecule has 0 radical (unpaired) electrons. The summed E-state index contributed by atoms with van der Waals surface area (Å²) >= 11 is 0. The Morgan fingerprint density at radius 1 is 1.23 bits per heavy atom. The molecule has 8 nitrogen and oxygen atoms in total. The Balaban J connectivity index is 1.97. The molecule has 0 spiro atoms. The van der Waals surface area contributed by atoms with Crippen LogP contribution in [0.3, 0.4) is 0 Å². The number of benzene rings is 1. The van der Waals surface area contributed by atoms with Crippen LogP contribution in [0.25, 0.3) is 0 Å². The van der Waals surface area contributed by atoms with Crippen molar-refractivity contribution in [1.29, 1.82) is 0 Å². The molecule has 2 rings (SSSR count). The van der Waals surface area contributed by atoms with E-state index in [4.69, 9.17) is 5.11 Å². The number of likely N-dealkylation sites (N-methyl/N-ethyl adjacent to an activating group) is 1. The minimum atomic E-state index is -3.78. The number of nitrogens with zero attached hydrogens (tertiary/aromatic N) is 3. The number of carboxylic acid groups (broad SMARTS) is 1. The van der Waals surface area contributed by atoms with Crippen LogP contribution in [0, 0.1) is 6.92 Å². The lowest BCUT2D eigenvalue weighted by molar-refractivity contribution is -0.147. The molecule has 0 aromatic heterocycles. The second-order valence-electron chi connectivity index (χ2n) is 6.50. The SMILES string of the molecule is Cc1cccc(N2CCN(S(=O)(=O)CC(=O)N(C)C(C)C(=O)O)CC2)c1. The van der Waals surface area contributed by atoms with E-state index in [-0.39, 0.29) is 0 Å². The van der Waals surface area contributed by atoms with Crippen molar-refractivity contribution in [1.82, 2.24) is 9.21 Å². The van der Waals surface area contributed by atoms with Crippen molar-refractivity contribution in [2.75, 3.05) is 43.9 Å². The monoisotopic (exact) mass is 383 g/mol. The number of piperazine rings is 1. The lowest BCUT2D eigenvalue weighted by atomic mass is 10.2. The van der Waals surface area contributed by atoms with Crippen LogP contribution in [-0.4, -0.2) is 79.6 Å². The largest absolute Gasteiger partial charge is 0.480 e. The number of rotatable bonds is 6. The van der Waals surface area contributed by atoms with Crippen LogP contribution >= 0.6 is 0 Å². The quantitative estimate of drug-likeness (QED) is 0.763. The standard InChI is InChI=1S/C17H25N3O5S/c1-13-5-4-6-15(11-13)19-7-9-20(10-8-19)26(24,25)12-16(21)18(3)14(2)17(22)23/h4-6,11,14H,7-10,12H2,1-3H3,(H,22,23). The van der Waals surface area contributed by atoms with Gasteiger partial charge in [0.15, 0.2) is 0 Å². The third kappa shape index (κ3) is 4.73. The molecule has 144 valence electrons. The van der Waals surface area contributed by atoms with Gasteiger partial charge < -0.3 is 14.9 Å². The lowest BCUT2D eigenvalue weighted by Gasteiger charge is -2.35. The second kappa shape index (κ2) is 8.05. The highest BCUT2D eigenvalue weighted by Gasteiger charge is 2.32. The van der Waals surface area contributed by atoms with Gasteiger partial charge in [0.05, 0.1) is 0 Å². The molecule has 1 fully saturated rings. The predicted octanol–water partition coefficient (Wildman–Crippen LogP) is 0.378. The zero-order chi connectivity index (χ0) is 19.5. The summed E-state index contributed by atoms with van der Waals surface area (Å²) in [6.45, 7) is 5.01. The Labute approximate surface area is 154 Å². The van der Waals surface area contributed by atoms with Gasteiger partial charge in [-0.3, -0.25) is 4.79 Å². The van der Waals surface area contributed by atoms with Crippen molar-refractivity contribution >= 4 is 27.6 Å². The fourth-order valence-electron chi connectivity index (χ4n) is 2.78. The number of carbonyl (C=O) groups excluding carboxylic acids is 1. The molecule has 1 unspecified atom stereocenters. The number of anilines is 1. The highest BCUT2D eigenvalue weighted by atomic mass is 32.2. The van der Waals surface area contributed by atoms with Gasteiger partial charge in [-0.2, -0.15) is 4.31 Å². The molecule has 1 saturated heterocycles. The first-order chi connectivity index (χ1) is 12.1. The lowest BCUT2D eigenvalue weighted by Crippen LogP contribution is -2.51. The first-order valence-electron chi connectivity index (χ1n) is 8.39. The molecular weight excluding hydrogens is 358 g/mol. The van der Waals surface area contributed by atoms with Gasteiger partial charge in [-0.1, -0.05) is 12.1 Å². The summed E-state index contributed by atoms with van der Waals surface area (Å²) in [5, 5.41) is 8.95. The van der Waals surface area contributed by atoms with Crippen LogP contribution in [0.5, 0.6) is 0 Å². The maximum Gasteiger partial charge on any atom is 0.326 e. The molecule has 1 aromatic rings. The highest BCUT2D eigenvalue weighted by Crippen LogP contribution is 2.19. The molecule has 1 aliphatic rings. The van der Waals surface area contributed by atoms with Gasteiger partial charge in [0, 0.05) is 38.9 Å². The van der Waals surface area contributed by atoms with Crippen LogP contribution in [0.2, 0.25) is 0 Å². The normalized spacial score (nSPS) is 17.0. The zero-order valence-corrected chi connectivity index (χ0v) is 16.1. The van der Waals surface area contributed by atoms with Crippen LogP contribution in [-0.2, 0) is 19.6 Å². The van der Waals surface area contributed by atoms with E-state index in [1.807, 2.05) is 25.1 Å². The Kier molecular flexibility index (Phi) is 6.25. The third-order valence-corrected chi connectivity index (χ3v) is 6.40. The van der Waals surface area contributed by atoms with Gasteiger partial charge in [0.25, 0.3) is 0 Å². The van der Waals surface area contributed by atoms with Crippen molar-refractivity contribution in [2.45, 2.75) is 19.9 Å². The first-order valence-corrected chi connectivity index (χ1v) is 10.0. The average molecular weight is 383 g/mol. The number of carbonyl (C=O) groups is 2. The van der Waals surface area contributed by atoms with E-state index in [1.165, 1.54) is 18.3 Å². The number of amides is 1. The summed E-state index contributed by atoms with van der Waals surface area (Å²) in [6.07, 6.45) is 0. The minimum Gasteiger partial charge on any atom is -0.480 e.